The van der Waals surface area contributed by atoms with Crippen LogP contribution in [0.2, 0.25) is 0 Å². The summed E-state index contributed by atoms with van der Waals surface area (Å²) in [4.78, 5) is 9.02. The van der Waals surface area contributed by atoms with Crippen molar-refractivity contribution in [1.82, 2.24) is 9.97 Å². The summed E-state index contributed by atoms with van der Waals surface area (Å²) in [6, 6.07) is 10.6. The Kier molecular flexibility index (Phi) is 5.40. The normalized spacial score (nSPS) is 11.8. The highest BCUT2D eigenvalue weighted by molar-refractivity contribution is 7.98. The zero-order valence-electron chi connectivity index (χ0n) is 13.3. The average Bonchev–Trinajstić information content (AvgIpc) is 2.54. The molecule has 5 heteroatoms. The number of anilines is 1. The van der Waals surface area contributed by atoms with Crippen molar-refractivity contribution in [2.75, 3.05) is 11.6 Å². The van der Waals surface area contributed by atoms with Crippen LogP contribution >= 0.6 is 11.8 Å². The van der Waals surface area contributed by atoms with E-state index in [1.807, 2.05) is 37.4 Å². The highest BCUT2D eigenvalue weighted by Gasteiger charge is 2.16. The number of nitriles is 1. The molecule has 1 unspecified atom stereocenters. The Morgan fingerprint density at radius 3 is 2.50 bits per heavy atom. The van der Waals surface area contributed by atoms with Gasteiger partial charge in [-0.3, -0.25) is 0 Å². The van der Waals surface area contributed by atoms with E-state index in [0.717, 1.165) is 12.0 Å². The molecule has 1 aromatic carbocycles. The summed E-state index contributed by atoms with van der Waals surface area (Å²) >= 11 is 1.48. The van der Waals surface area contributed by atoms with E-state index in [4.69, 9.17) is 0 Å². The number of hydrogen-bond acceptors (Lipinski definition) is 5. The van der Waals surface area contributed by atoms with Crippen LogP contribution in [-0.2, 0) is 0 Å². The molecule has 114 valence electrons. The fourth-order valence-electron chi connectivity index (χ4n) is 2.00. The van der Waals surface area contributed by atoms with Gasteiger partial charge in [0.25, 0.3) is 0 Å². The van der Waals surface area contributed by atoms with Gasteiger partial charge < -0.3 is 5.32 Å². The van der Waals surface area contributed by atoms with Crippen molar-refractivity contribution in [3.8, 4) is 17.3 Å². The van der Waals surface area contributed by atoms with Crippen LogP contribution in [0, 0.1) is 18.3 Å². The van der Waals surface area contributed by atoms with Gasteiger partial charge in [0.1, 0.15) is 17.5 Å². The maximum Gasteiger partial charge on any atom is 0.189 e. The van der Waals surface area contributed by atoms with Crippen LogP contribution in [0.3, 0.4) is 0 Å². The average molecular weight is 312 g/mol. The summed E-state index contributed by atoms with van der Waals surface area (Å²) < 4.78 is 0. The second kappa shape index (κ2) is 7.28. The molecule has 0 fully saturated rings. The van der Waals surface area contributed by atoms with Crippen LogP contribution < -0.4 is 5.32 Å². The number of nitrogens with one attached hydrogen (secondary N) is 1. The van der Waals surface area contributed by atoms with Crippen molar-refractivity contribution in [3.63, 3.8) is 0 Å². The quantitative estimate of drug-likeness (QED) is 0.660. The lowest BCUT2D eigenvalue weighted by atomic mass is 10.1. The van der Waals surface area contributed by atoms with Crippen molar-refractivity contribution in [2.24, 2.45) is 0 Å². The second-order valence-corrected chi connectivity index (χ2v) is 5.99. The molecule has 2 rings (SSSR count). The molecule has 2 aromatic rings. The summed E-state index contributed by atoms with van der Waals surface area (Å²) in [5, 5.41) is 13.6. The number of nitrogens with zero attached hydrogens (tertiary/aromatic N) is 3. The lowest BCUT2D eigenvalue weighted by Gasteiger charge is -2.16. The largest absolute Gasteiger partial charge is 0.366 e. The Morgan fingerprint density at radius 1 is 1.27 bits per heavy atom. The molecule has 0 amide bonds. The third-order valence-electron chi connectivity index (χ3n) is 3.50. The number of thioether (sulfide) groups is 1. The Bertz CT molecular complexity index is 689. The SMILES string of the molecule is CCC(C)Nc1nc(SC)nc(-c2ccc(C)cc2)c1C#N. The van der Waals surface area contributed by atoms with E-state index >= 15 is 0 Å². The fraction of sp³-hybridized carbons (Fsp3) is 0.353. The maximum atomic E-state index is 9.59. The molecular formula is C17H20N4S. The van der Waals surface area contributed by atoms with Gasteiger partial charge in [-0.25, -0.2) is 9.97 Å². The van der Waals surface area contributed by atoms with Crippen molar-refractivity contribution < 1.29 is 0 Å². The molecule has 0 bridgehead atoms. The van der Waals surface area contributed by atoms with Gasteiger partial charge in [-0.1, -0.05) is 48.5 Å². The Labute approximate surface area is 136 Å². The summed E-state index contributed by atoms with van der Waals surface area (Å²) in [5.41, 5.74) is 3.31. The zero-order valence-corrected chi connectivity index (χ0v) is 14.2. The molecule has 0 saturated heterocycles. The van der Waals surface area contributed by atoms with Gasteiger partial charge in [0.05, 0.1) is 5.69 Å². The number of hydrogen-bond donors (Lipinski definition) is 1. The predicted molar refractivity (Wildman–Crippen MR) is 92.1 cm³/mol. The summed E-state index contributed by atoms with van der Waals surface area (Å²) in [6.07, 6.45) is 2.90. The van der Waals surface area contributed by atoms with Crippen molar-refractivity contribution in [2.45, 2.75) is 38.4 Å². The van der Waals surface area contributed by atoms with E-state index in [2.05, 4.69) is 35.2 Å². The first-order chi connectivity index (χ1) is 10.6. The molecule has 1 N–H and O–H groups in total. The number of aryl methyl sites for hydroxylation is 1. The monoisotopic (exact) mass is 312 g/mol. The first-order valence-corrected chi connectivity index (χ1v) is 8.51. The van der Waals surface area contributed by atoms with Crippen LogP contribution in [0.4, 0.5) is 5.82 Å². The van der Waals surface area contributed by atoms with Gasteiger partial charge in [-0.2, -0.15) is 5.26 Å². The van der Waals surface area contributed by atoms with Crippen LogP contribution in [0.5, 0.6) is 0 Å². The van der Waals surface area contributed by atoms with Gasteiger partial charge >= 0.3 is 0 Å². The minimum atomic E-state index is 0.252. The Balaban J connectivity index is 2.59. The van der Waals surface area contributed by atoms with Crippen molar-refractivity contribution >= 4 is 17.6 Å². The molecule has 1 atom stereocenters. The molecule has 1 aromatic heterocycles. The van der Waals surface area contributed by atoms with Crippen LogP contribution in [0.1, 0.15) is 31.4 Å². The van der Waals surface area contributed by atoms with Crippen molar-refractivity contribution in [1.29, 1.82) is 5.26 Å². The molecule has 0 saturated carbocycles. The van der Waals surface area contributed by atoms with E-state index in [-0.39, 0.29) is 6.04 Å². The molecule has 0 radical (unpaired) electrons. The van der Waals surface area contributed by atoms with Gasteiger partial charge in [0.2, 0.25) is 0 Å². The van der Waals surface area contributed by atoms with Crippen LogP contribution in [0.25, 0.3) is 11.3 Å². The standard InChI is InChI=1S/C17H20N4S/c1-5-12(3)19-16-14(10-18)15(20-17(21-16)22-4)13-8-6-11(2)7-9-13/h6-9,12H,5H2,1-4H3,(H,19,20,21). The predicted octanol–water partition coefficient (Wildman–Crippen LogP) is 4.26. The topological polar surface area (TPSA) is 61.6 Å². The first kappa shape index (κ1) is 16.3. The van der Waals surface area contributed by atoms with E-state index in [1.54, 1.807) is 0 Å². The third-order valence-corrected chi connectivity index (χ3v) is 4.05. The zero-order chi connectivity index (χ0) is 16.1. The summed E-state index contributed by atoms with van der Waals surface area (Å²) in [6.45, 7) is 6.22. The summed E-state index contributed by atoms with van der Waals surface area (Å²) in [7, 11) is 0. The minimum Gasteiger partial charge on any atom is -0.366 e. The Morgan fingerprint density at radius 2 is 1.95 bits per heavy atom. The molecule has 0 spiro atoms. The van der Waals surface area contributed by atoms with Crippen molar-refractivity contribution in [3.05, 3.63) is 35.4 Å². The number of aromatic nitrogens is 2. The minimum absolute atomic E-state index is 0.252. The molecule has 0 aliphatic heterocycles. The first-order valence-electron chi connectivity index (χ1n) is 7.28. The Hall–Kier alpha value is -2.06. The third kappa shape index (κ3) is 3.58. The smallest absolute Gasteiger partial charge is 0.189 e. The van der Waals surface area contributed by atoms with Gasteiger partial charge in [0.15, 0.2) is 5.16 Å². The molecular weight excluding hydrogens is 292 g/mol. The van der Waals surface area contributed by atoms with Gasteiger partial charge in [-0.05, 0) is 26.5 Å². The maximum absolute atomic E-state index is 9.59. The van der Waals surface area contributed by atoms with E-state index in [9.17, 15) is 5.26 Å². The lowest BCUT2D eigenvalue weighted by Crippen LogP contribution is -2.16. The van der Waals surface area contributed by atoms with Gasteiger partial charge in [0, 0.05) is 11.6 Å². The summed E-state index contributed by atoms with van der Waals surface area (Å²) in [5.74, 6) is 0.617. The molecule has 22 heavy (non-hydrogen) atoms. The molecule has 1 heterocycles. The van der Waals surface area contributed by atoms with E-state index in [1.165, 1.54) is 17.3 Å². The van der Waals surface area contributed by atoms with Crippen LogP contribution in [0.15, 0.2) is 29.4 Å². The number of rotatable bonds is 5. The van der Waals surface area contributed by atoms with E-state index < -0.39 is 0 Å². The van der Waals surface area contributed by atoms with Gasteiger partial charge in [-0.15, -0.1) is 0 Å². The highest BCUT2D eigenvalue weighted by atomic mass is 32.2. The number of benzene rings is 1. The fourth-order valence-corrected chi connectivity index (χ4v) is 2.36. The van der Waals surface area contributed by atoms with E-state index in [0.29, 0.717) is 22.2 Å². The molecule has 0 aliphatic carbocycles. The lowest BCUT2D eigenvalue weighted by molar-refractivity contribution is 0.753. The molecule has 0 aliphatic rings. The molecule has 4 nitrogen and oxygen atoms in total. The second-order valence-electron chi connectivity index (χ2n) is 5.21. The highest BCUT2D eigenvalue weighted by Crippen LogP contribution is 2.29. The van der Waals surface area contributed by atoms with Crippen LogP contribution in [-0.4, -0.2) is 22.3 Å².